The van der Waals surface area contributed by atoms with Crippen LogP contribution < -0.4 is 0 Å². The molecule has 3 unspecified atom stereocenters. The molecular weight excluding hydrogens is 368 g/mol. The quantitative estimate of drug-likeness (QED) is 0.381. The van der Waals surface area contributed by atoms with Crippen molar-refractivity contribution in [1.29, 1.82) is 0 Å². The van der Waals surface area contributed by atoms with Crippen LogP contribution in [0, 0.1) is 11.8 Å². The SMILES string of the molecule is [3H]C(S)C/C=C\SS[C@@H]1OC(COC(C)=O)[C@@H](C)[C@H](C)C1OC(C)=O. The van der Waals surface area contributed by atoms with Crippen LogP contribution in [0.3, 0.4) is 0 Å². The van der Waals surface area contributed by atoms with Crippen LogP contribution in [-0.2, 0) is 23.8 Å². The Morgan fingerprint density at radius 2 is 2.00 bits per heavy atom. The van der Waals surface area contributed by atoms with E-state index in [0.717, 1.165) is 0 Å². The van der Waals surface area contributed by atoms with Crippen molar-refractivity contribution >= 4 is 46.2 Å². The molecule has 24 heavy (non-hydrogen) atoms. The number of esters is 2. The number of allylic oxidation sites excluding steroid dienone is 1. The maximum absolute atomic E-state index is 11.5. The van der Waals surface area contributed by atoms with Gasteiger partial charge >= 0.3 is 11.9 Å². The molecule has 5 nitrogen and oxygen atoms in total. The zero-order valence-electron chi connectivity index (χ0n) is 15.3. The monoisotopic (exact) mass is 396 g/mol. The van der Waals surface area contributed by atoms with Gasteiger partial charge in [-0.05, 0) is 23.5 Å². The molecule has 0 aromatic heterocycles. The van der Waals surface area contributed by atoms with Crippen LogP contribution in [0.25, 0.3) is 0 Å². The third-order valence-electron chi connectivity index (χ3n) is 3.81. The fourth-order valence-corrected chi connectivity index (χ4v) is 4.63. The summed E-state index contributed by atoms with van der Waals surface area (Å²) in [6.45, 7) is 6.96. The van der Waals surface area contributed by atoms with Crippen LogP contribution in [0.15, 0.2) is 11.5 Å². The Kier molecular flexibility index (Phi) is 9.45. The van der Waals surface area contributed by atoms with Crippen molar-refractivity contribution < 1.29 is 25.2 Å². The molecule has 1 rings (SSSR count). The van der Waals surface area contributed by atoms with Crippen molar-refractivity contribution in [3.05, 3.63) is 11.5 Å². The molecule has 0 bridgehead atoms. The Morgan fingerprint density at radius 1 is 1.29 bits per heavy atom. The molecule has 0 N–H and O–H groups in total. The molecule has 1 saturated heterocycles. The Hall–Kier alpha value is -0.310. The molecule has 1 aliphatic heterocycles. The summed E-state index contributed by atoms with van der Waals surface area (Å²) in [5.41, 5.74) is -0.802. The first kappa shape index (κ1) is 20.0. The van der Waals surface area contributed by atoms with Gasteiger partial charge in [0.25, 0.3) is 0 Å². The van der Waals surface area contributed by atoms with E-state index in [0.29, 0.717) is 6.42 Å². The molecule has 0 aliphatic carbocycles. The number of rotatable bonds is 8. The number of carbonyl (C=O) groups is 2. The second-order valence-corrected chi connectivity index (χ2v) is 8.26. The minimum Gasteiger partial charge on any atom is -0.463 e. The number of hydrogen-bond acceptors (Lipinski definition) is 8. The van der Waals surface area contributed by atoms with E-state index in [-0.39, 0.29) is 48.0 Å². The molecule has 1 heterocycles. The van der Waals surface area contributed by atoms with E-state index < -0.39 is 5.73 Å². The first-order valence-electron chi connectivity index (χ1n) is 8.33. The van der Waals surface area contributed by atoms with Gasteiger partial charge in [-0.1, -0.05) is 41.5 Å². The van der Waals surface area contributed by atoms with Gasteiger partial charge in [-0.2, -0.15) is 12.6 Å². The molecule has 0 saturated carbocycles. The van der Waals surface area contributed by atoms with Gasteiger partial charge in [0.2, 0.25) is 0 Å². The van der Waals surface area contributed by atoms with Crippen LogP contribution in [-0.4, -0.2) is 41.9 Å². The lowest BCUT2D eigenvalue weighted by Gasteiger charge is -2.43. The van der Waals surface area contributed by atoms with Gasteiger partial charge in [-0.3, -0.25) is 9.59 Å². The minimum atomic E-state index is -0.435. The van der Waals surface area contributed by atoms with E-state index in [1.807, 2.05) is 25.3 Å². The third-order valence-corrected chi connectivity index (χ3v) is 6.24. The normalized spacial score (nSPS) is 32.2. The first-order chi connectivity index (χ1) is 11.7. The molecule has 0 spiro atoms. The zero-order chi connectivity index (χ0) is 19.0. The van der Waals surface area contributed by atoms with Crippen molar-refractivity contribution in [3.63, 3.8) is 0 Å². The maximum Gasteiger partial charge on any atom is 0.303 e. The summed E-state index contributed by atoms with van der Waals surface area (Å²) in [6.07, 6.45) is 1.80. The summed E-state index contributed by atoms with van der Waals surface area (Å²) in [7, 11) is 2.90. The second-order valence-electron chi connectivity index (χ2n) is 5.62. The average molecular weight is 397 g/mol. The largest absolute Gasteiger partial charge is 0.463 e. The highest BCUT2D eigenvalue weighted by Gasteiger charge is 2.44. The van der Waals surface area contributed by atoms with Gasteiger partial charge in [-0.15, -0.1) is 0 Å². The standard InChI is InChI=1S/C16H26O5S3/c1-10-11(2)15(20-13(4)18)16(24-23-8-6-5-7-22)21-14(10)9-19-12(3)17/h6,8,10-11,14-16,22H,5,7,9H2,1-4H3/b8-6-/t10-,11-,14?,15?,16-/m0/s1/i7T/t7?,10-,11-,14?,15?,16-. The summed E-state index contributed by atoms with van der Waals surface area (Å²) in [6, 6.07) is 0. The molecule has 8 heteroatoms. The highest BCUT2D eigenvalue weighted by molar-refractivity contribution is 8.78. The topological polar surface area (TPSA) is 61.8 Å². The molecule has 0 radical (unpaired) electrons. The molecule has 1 fully saturated rings. The zero-order valence-corrected chi connectivity index (χ0v) is 16.9. The molecule has 0 aromatic carbocycles. The fraction of sp³-hybridized carbons (Fsp3) is 0.750. The maximum atomic E-state index is 11.5. The molecule has 0 amide bonds. The van der Waals surface area contributed by atoms with E-state index in [4.69, 9.17) is 15.6 Å². The summed E-state index contributed by atoms with van der Waals surface area (Å²) in [4.78, 5) is 22.5. The van der Waals surface area contributed by atoms with Gasteiger partial charge < -0.3 is 14.2 Å². The number of carbonyl (C=O) groups excluding carboxylic acids is 2. The predicted molar refractivity (Wildman–Crippen MR) is 102 cm³/mol. The third kappa shape index (κ3) is 7.29. The Balaban J connectivity index is 2.72. The van der Waals surface area contributed by atoms with Gasteiger partial charge in [0.05, 0.1) is 6.10 Å². The van der Waals surface area contributed by atoms with Gasteiger partial charge in [0.1, 0.15) is 12.7 Å². The molecule has 1 aliphatic rings. The number of ether oxygens (including phenoxy) is 3. The second kappa shape index (κ2) is 11.3. The van der Waals surface area contributed by atoms with Gasteiger partial charge in [0, 0.05) is 21.1 Å². The summed E-state index contributed by atoms with van der Waals surface area (Å²) in [5, 5.41) is 1.88. The van der Waals surface area contributed by atoms with Crippen LogP contribution in [0.4, 0.5) is 0 Å². The molecule has 0 aromatic rings. The van der Waals surface area contributed by atoms with Gasteiger partial charge in [0.15, 0.2) is 5.44 Å². The fourth-order valence-electron chi connectivity index (χ4n) is 2.32. The van der Waals surface area contributed by atoms with E-state index >= 15 is 0 Å². The van der Waals surface area contributed by atoms with Crippen molar-refractivity contribution in [1.82, 2.24) is 0 Å². The average Bonchev–Trinajstić information content (AvgIpc) is 2.51. The van der Waals surface area contributed by atoms with E-state index in [1.165, 1.54) is 35.4 Å². The van der Waals surface area contributed by atoms with E-state index in [2.05, 4.69) is 12.6 Å². The molecule has 138 valence electrons. The first-order valence-corrected chi connectivity index (χ1v) is 10.5. The minimum absolute atomic E-state index is 0.0651. The molecular formula is C16H26O5S3. The van der Waals surface area contributed by atoms with Crippen molar-refractivity contribution in [3.8, 4) is 0 Å². The lowest BCUT2D eigenvalue weighted by Crippen LogP contribution is -2.50. The highest BCUT2D eigenvalue weighted by atomic mass is 33.1. The number of hydrogen-bond donors (Lipinski definition) is 1. The lowest BCUT2D eigenvalue weighted by atomic mass is 9.84. The smallest absolute Gasteiger partial charge is 0.303 e. The molecule has 6 atom stereocenters. The van der Waals surface area contributed by atoms with Crippen LogP contribution >= 0.6 is 34.2 Å². The van der Waals surface area contributed by atoms with E-state index in [9.17, 15) is 9.59 Å². The van der Waals surface area contributed by atoms with Crippen LogP contribution in [0.1, 0.15) is 35.5 Å². The highest BCUT2D eigenvalue weighted by Crippen LogP contribution is 2.41. The Bertz CT molecular complexity index is 473. The Morgan fingerprint density at radius 3 is 2.58 bits per heavy atom. The number of thiol groups is 1. The van der Waals surface area contributed by atoms with E-state index in [1.54, 1.807) is 0 Å². The van der Waals surface area contributed by atoms with Crippen LogP contribution in [0.2, 0.25) is 0 Å². The summed E-state index contributed by atoms with van der Waals surface area (Å²) >= 11 is 4.00. The predicted octanol–water partition coefficient (Wildman–Crippen LogP) is 3.69. The summed E-state index contributed by atoms with van der Waals surface area (Å²) in [5.74, 6) is -0.544. The van der Waals surface area contributed by atoms with Crippen molar-refractivity contribution in [2.24, 2.45) is 11.8 Å². The van der Waals surface area contributed by atoms with Crippen molar-refractivity contribution in [2.75, 3.05) is 12.3 Å². The van der Waals surface area contributed by atoms with Crippen LogP contribution in [0.5, 0.6) is 0 Å². The Labute approximate surface area is 158 Å². The van der Waals surface area contributed by atoms with Gasteiger partial charge in [-0.25, -0.2) is 0 Å². The van der Waals surface area contributed by atoms with Crippen molar-refractivity contribution in [2.45, 2.75) is 51.8 Å². The lowest BCUT2D eigenvalue weighted by molar-refractivity contribution is -0.184. The summed E-state index contributed by atoms with van der Waals surface area (Å²) < 4.78 is 24.0.